The van der Waals surface area contributed by atoms with E-state index in [0.717, 1.165) is 19.3 Å². The van der Waals surface area contributed by atoms with Crippen molar-refractivity contribution in [3.63, 3.8) is 0 Å². The van der Waals surface area contributed by atoms with Crippen LogP contribution in [0, 0.1) is 5.92 Å². The third-order valence-electron chi connectivity index (χ3n) is 4.10. The number of carbonyl (C=O) groups is 2. The van der Waals surface area contributed by atoms with E-state index in [-0.39, 0.29) is 11.9 Å². The molecule has 0 unspecified atom stereocenters. The number of hydrogen-bond donors (Lipinski definition) is 1. The molecule has 1 aromatic rings. The molecular weight excluding hydrogens is 266 g/mol. The fraction of sp³-hybridized carbons (Fsp3) is 0.529. The van der Waals surface area contributed by atoms with Gasteiger partial charge in [0.2, 0.25) is 0 Å². The zero-order chi connectivity index (χ0) is 15.2. The highest BCUT2D eigenvalue weighted by molar-refractivity contribution is 5.92. The molecule has 21 heavy (non-hydrogen) atoms. The van der Waals surface area contributed by atoms with Gasteiger partial charge in [-0.25, -0.2) is 4.79 Å². The number of nitrogens with one attached hydrogen (secondary N) is 1. The van der Waals surface area contributed by atoms with Crippen LogP contribution in [-0.4, -0.2) is 24.0 Å². The van der Waals surface area contributed by atoms with E-state index >= 15 is 0 Å². The van der Waals surface area contributed by atoms with Crippen molar-refractivity contribution < 1.29 is 14.3 Å². The minimum Gasteiger partial charge on any atom is -0.449 e. The maximum absolute atomic E-state index is 12.1. The molecule has 4 heteroatoms. The molecule has 1 aliphatic carbocycles. The molecule has 1 N–H and O–H groups in total. The summed E-state index contributed by atoms with van der Waals surface area (Å²) in [5.74, 6) is -0.187. The largest absolute Gasteiger partial charge is 0.449 e. The van der Waals surface area contributed by atoms with E-state index in [1.54, 1.807) is 31.2 Å². The van der Waals surface area contributed by atoms with Gasteiger partial charge in [-0.3, -0.25) is 4.79 Å². The van der Waals surface area contributed by atoms with Gasteiger partial charge in [0.1, 0.15) is 0 Å². The number of carbonyl (C=O) groups excluding carboxylic acids is 2. The Labute approximate surface area is 125 Å². The summed E-state index contributed by atoms with van der Waals surface area (Å²) >= 11 is 0. The fourth-order valence-electron chi connectivity index (χ4n) is 2.69. The average molecular weight is 289 g/mol. The van der Waals surface area contributed by atoms with Crippen LogP contribution < -0.4 is 5.32 Å². The molecule has 0 spiro atoms. The highest BCUT2D eigenvalue weighted by Crippen LogP contribution is 2.23. The zero-order valence-corrected chi connectivity index (χ0v) is 12.7. The average Bonchev–Trinajstić information content (AvgIpc) is 2.50. The standard InChI is InChI=1S/C17H23NO3/c1-12-8-6-7-11-15(12)18-16(19)13(2)21-17(20)14-9-4-3-5-10-14/h3-5,9-10,12-13,15H,6-8,11H2,1-2H3,(H,18,19)/t12-,13-,15+/m1/s1. The van der Waals surface area contributed by atoms with Crippen LogP contribution in [0.2, 0.25) is 0 Å². The molecule has 0 radical (unpaired) electrons. The summed E-state index contributed by atoms with van der Waals surface area (Å²) in [6, 6.07) is 8.92. The second-order valence-corrected chi connectivity index (χ2v) is 5.79. The molecule has 114 valence electrons. The fourth-order valence-corrected chi connectivity index (χ4v) is 2.69. The predicted octanol–water partition coefficient (Wildman–Crippen LogP) is 2.93. The van der Waals surface area contributed by atoms with Gasteiger partial charge in [-0.15, -0.1) is 0 Å². The molecule has 1 aromatic carbocycles. The predicted molar refractivity (Wildman–Crippen MR) is 80.9 cm³/mol. The minimum atomic E-state index is -0.771. The van der Waals surface area contributed by atoms with E-state index < -0.39 is 12.1 Å². The first-order valence-corrected chi connectivity index (χ1v) is 7.64. The molecule has 0 aromatic heterocycles. The first kappa shape index (κ1) is 15.5. The summed E-state index contributed by atoms with van der Waals surface area (Å²) in [6.45, 7) is 3.77. The van der Waals surface area contributed by atoms with Crippen LogP contribution in [0.25, 0.3) is 0 Å². The van der Waals surface area contributed by atoms with Gasteiger partial charge < -0.3 is 10.1 Å². The van der Waals surface area contributed by atoms with Gasteiger partial charge in [-0.05, 0) is 37.8 Å². The summed E-state index contributed by atoms with van der Waals surface area (Å²) in [7, 11) is 0. The molecular formula is C17H23NO3. The molecule has 1 amide bonds. The van der Waals surface area contributed by atoms with Crippen LogP contribution in [0.5, 0.6) is 0 Å². The second kappa shape index (κ2) is 7.25. The second-order valence-electron chi connectivity index (χ2n) is 5.79. The Bertz CT molecular complexity index is 486. The van der Waals surface area contributed by atoms with Crippen molar-refractivity contribution in [3.8, 4) is 0 Å². The Hall–Kier alpha value is -1.84. The molecule has 1 saturated carbocycles. The SMILES string of the molecule is C[C@@H]1CCCC[C@@H]1NC(=O)[C@@H](C)OC(=O)c1ccccc1. The van der Waals surface area contributed by atoms with E-state index in [9.17, 15) is 9.59 Å². The van der Waals surface area contributed by atoms with Gasteiger partial charge >= 0.3 is 5.97 Å². The van der Waals surface area contributed by atoms with Crippen LogP contribution >= 0.6 is 0 Å². The lowest BCUT2D eigenvalue weighted by molar-refractivity contribution is -0.130. The molecule has 0 aliphatic heterocycles. The Morgan fingerprint density at radius 1 is 1.19 bits per heavy atom. The first-order valence-electron chi connectivity index (χ1n) is 7.64. The highest BCUT2D eigenvalue weighted by Gasteiger charge is 2.26. The van der Waals surface area contributed by atoms with Crippen LogP contribution in [0.1, 0.15) is 49.9 Å². The number of rotatable bonds is 4. The van der Waals surface area contributed by atoms with Crippen molar-refractivity contribution in [1.82, 2.24) is 5.32 Å². The van der Waals surface area contributed by atoms with Gasteiger partial charge in [0.15, 0.2) is 6.10 Å². The summed E-state index contributed by atoms with van der Waals surface area (Å²) in [4.78, 5) is 24.0. The number of esters is 1. The van der Waals surface area contributed by atoms with Crippen LogP contribution in [0.4, 0.5) is 0 Å². The third-order valence-corrected chi connectivity index (χ3v) is 4.10. The zero-order valence-electron chi connectivity index (χ0n) is 12.7. The molecule has 2 rings (SSSR count). The number of hydrogen-bond acceptors (Lipinski definition) is 3. The molecule has 0 heterocycles. The van der Waals surface area contributed by atoms with Gasteiger partial charge in [0.05, 0.1) is 5.56 Å². The van der Waals surface area contributed by atoms with Crippen molar-refractivity contribution >= 4 is 11.9 Å². The lowest BCUT2D eigenvalue weighted by Gasteiger charge is -2.30. The third kappa shape index (κ3) is 4.31. The van der Waals surface area contributed by atoms with Crippen molar-refractivity contribution in [2.75, 3.05) is 0 Å². The van der Waals surface area contributed by atoms with Crippen LogP contribution in [-0.2, 0) is 9.53 Å². The molecule has 1 fully saturated rings. The lowest BCUT2D eigenvalue weighted by Crippen LogP contribution is -2.45. The van der Waals surface area contributed by atoms with Crippen molar-refractivity contribution in [2.45, 2.75) is 51.7 Å². The van der Waals surface area contributed by atoms with Gasteiger partial charge in [-0.1, -0.05) is 38.0 Å². The maximum atomic E-state index is 12.1. The van der Waals surface area contributed by atoms with Crippen LogP contribution in [0.15, 0.2) is 30.3 Å². The van der Waals surface area contributed by atoms with Crippen molar-refractivity contribution in [2.24, 2.45) is 5.92 Å². The summed E-state index contributed by atoms with van der Waals surface area (Å²) in [5.41, 5.74) is 0.461. The molecule has 0 bridgehead atoms. The number of benzene rings is 1. The Balaban J connectivity index is 1.86. The van der Waals surface area contributed by atoms with Gasteiger partial charge in [-0.2, -0.15) is 0 Å². The van der Waals surface area contributed by atoms with E-state index in [1.807, 2.05) is 6.07 Å². The summed E-state index contributed by atoms with van der Waals surface area (Å²) in [5, 5.41) is 3.01. The van der Waals surface area contributed by atoms with Gasteiger partial charge in [0, 0.05) is 6.04 Å². The smallest absolute Gasteiger partial charge is 0.338 e. The van der Waals surface area contributed by atoms with Crippen molar-refractivity contribution in [3.05, 3.63) is 35.9 Å². The van der Waals surface area contributed by atoms with E-state index in [1.165, 1.54) is 6.42 Å². The summed E-state index contributed by atoms with van der Waals surface area (Å²) in [6.07, 6.45) is 3.75. The monoisotopic (exact) mass is 289 g/mol. The van der Waals surface area contributed by atoms with Gasteiger partial charge in [0.25, 0.3) is 5.91 Å². The summed E-state index contributed by atoms with van der Waals surface area (Å²) < 4.78 is 5.22. The number of amides is 1. The highest BCUT2D eigenvalue weighted by atomic mass is 16.5. The Kier molecular flexibility index (Phi) is 5.37. The minimum absolute atomic E-state index is 0.198. The van der Waals surface area contributed by atoms with Crippen LogP contribution in [0.3, 0.4) is 0 Å². The van der Waals surface area contributed by atoms with Crippen molar-refractivity contribution in [1.29, 1.82) is 0 Å². The molecule has 1 aliphatic rings. The molecule has 3 atom stereocenters. The Morgan fingerprint density at radius 2 is 1.86 bits per heavy atom. The lowest BCUT2D eigenvalue weighted by atomic mass is 9.86. The van der Waals surface area contributed by atoms with E-state index in [2.05, 4.69) is 12.2 Å². The molecule has 0 saturated heterocycles. The normalized spacial score (nSPS) is 23.1. The van der Waals surface area contributed by atoms with E-state index in [0.29, 0.717) is 11.5 Å². The maximum Gasteiger partial charge on any atom is 0.338 e. The molecule has 4 nitrogen and oxygen atoms in total. The van der Waals surface area contributed by atoms with E-state index in [4.69, 9.17) is 4.74 Å². The quantitative estimate of drug-likeness (QED) is 0.867. The topological polar surface area (TPSA) is 55.4 Å². The first-order chi connectivity index (χ1) is 10.1. The number of ether oxygens (including phenoxy) is 1. The Morgan fingerprint density at radius 3 is 2.52 bits per heavy atom.